The topological polar surface area (TPSA) is 74.7 Å². The van der Waals surface area contributed by atoms with Gasteiger partial charge >= 0.3 is 5.97 Å². The van der Waals surface area contributed by atoms with Crippen LogP contribution in [0.3, 0.4) is 0 Å². The number of esters is 1. The number of piperidine rings is 1. The van der Waals surface area contributed by atoms with Gasteiger partial charge in [0.15, 0.2) is 0 Å². The van der Waals surface area contributed by atoms with Crippen LogP contribution in [0.5, 0.6) is 0 Å². The summed E-state index contributed by atoms with van der Waals surface area (Å²) in [7, 11) is 0. The maximum Gasteiger partial charge on any atom is 0.306 e. The standard InChI is InChI=1S/C14H21N3O3/c1-2-20-14(18)9-11-5-7-17(8-6-11)13-4-3-12(16-19)10-15-13/h3-4,10-11,16,19H,2,5-9H2,1H3. The molecule has 0 amide bonds. The van der Waals surface area contributed by atoms with Gasteiger partial charge in [0.25, 0.3) is 0 Å². The molecule has 1 aliphatic heterocycles. The smallest absolute Gasteiger partial charge is 0.306 e. The van der Waals surface area contributed by atoms with Crippen LogP contribution >= 0.6 is 0 Å². The molecule has 1 aromatic rings. The lowest BCUT2D eigenvalue weighted by Gasteiger charge is -2.32. The fraction of sp³-hybridized carbons (Fsp3) is 0.571. The van der Waals surface area contributed by atoms with E-state index in [1.165, 1.54) is 0 Å². The molecular formula is C14H21N3O3. The number of carbonyl (C=O) groups is 1. The fourth-order valence-electron chi connectivity index (χ4n) is 2.46. The van der Waals surface area contributed by atoms with E-state index in [1.54, 1.807) is 12.3 Å². The van der Waals surface area contributed by atoms with Crippen LogP contribution in [-0.4, -0.2) is 35.9 Å². The van der Waals surface area contributed by atoms with E-state index in [4.69, 9.17) is 9.94 Å². The lowest BCUT2D eigenvalue weighted by Crippen LogP contribution is -2.35. The first-order valence-electron chi connectivity index (χ1n) is 6.99. The van der Waals surface area contributed by atoms with Gasteiger partial charge in [-0.2, -0.15) is 0 Å². The first kappa shape index (κ1) is 14.6. The van der Waals surface area contributed by atoms with E-state index in [1.807, 2.05) is 13.0 Å². The number of aromatic nitrogens is 1. The highest BCUT2D eigenvalue weighted by molar-refractivity contribution is 5.69. The molecule has 0 bridgehead atoms. The second-order valence-electron chi connectivity index (χ2n) is 4.96. The molecule has 2 N–H and O–H groups in total. The van der Waals surface area contributed by atoms with Crippen molar-refractivity contribution in [2.24, 2.45) is 5.92 Å². The summed E-state index contributed by atoms with van der Waals surface area (Å²) in [4.78, 5) is 18.0. The van der Waals surface area contributed by atoms with Crippen molar-refractivity contribution in [3.05, 3.63) is 18.3 Å². The minimum absolute atomic E-state index is 0.0950. The van der Waals surface area contributed by atoms with Crippen LogP contribution in [0.15, 0.2) is 18.3 Å². The van der Waals surface area contributed by atoms with E-state index in [-0.39, 0.29) is 5.97 Å². The van der Waals surface area contributed by atoms with Gasteiger partial charge in [-0.3, -0.25) is 15.5 Å². The third-order valence-corrected chi connectivity index (χ3v) is 3.58. The normalized spacial score (nSPS) is 16.0. The SMILES string of the molecule is CCOC(=O)CC1CCN(c2ccc(NO)cn2)CC1. The van der Waals surface area contributed by atoms with Crippen molar-refractivity contribution >= 4 is 17.5 Å². The van der Waals surface area contributed by atoms with Gasteiger partial charge in [0.1, 0.15) is 5.82 Å². The highest BCUT2D eigenvalue weighted by Crippen LogP contribution is 2.24. The molecule has 0 spiro atoms. The van der Waals surface area contributed by atoms with Crippen molar-refractivity contribution < 1.29 is 14.7 Å². The van der Waals surface area contributed by atoms with Gasteiger partial charge in [-0.15, -0.1) is 0 Å². The van der Waals surface area contributed by atoms with Gasteiger partial charge in [-0.05, 0) is 37.8 Å². The average molecular weight is 279 g/mol. The molecule has 20 heavy (non-hydrogen) atoms. The van der Waals surface area contributed by atoms with Gasteiger partial charge in [-0.25, -0.2) is 4.98 Å². The van der Waals surface area contributed by atoms with Gasteiger partial charge in [0.05, 0.1) is 18.5 Å². The number of anilines is 2. The van der Waals surface area contributed by atoms with Gasteiger partial charge in [0, 0.05) is 19.5 Å². The Labute approximate surface area is 118 Å². The Morgan fingerprint density at radius 2 is 2.25 bits per heavy atom. The van der Waals surface area contributed by atoms with Crippen molar-refractivity contribution in [3.63, 3.8) is 0 Å². The predicted molar refractivity (Wildman–Crippen MR) is 75.8 cm³/mol. The molecule has 6 nitrogen and oxygen atoms in total. The van der Waals surface area contributed by atoms with E-state index in [9.17, 15) is 4.79 Å². The highest BCUT2D eigenvalue weighted by atomic mass is 16.5. The molecule has 1 aliphatic rings. The minimum Gasteiger partial charge on any atom is -0.466 e. The first-order valence-corrected chi connectivity index (χ1v) is 6.99. The second kappa shape index (κ2) is 7.09. The third kappa shape index (κ3) is 3.84. The van der Waals surface area contributed by atoms with E-state index in [2.05, 4.69) is 15.4 Å². The summed E-state index contributed by atoms with van der Waals surface area (Å²) in [5.41, 5.74) is 2.64. The Bertz CT molecular complexity index is 428. The van der Waals surface area contributed by atoms with Crippen LogP contribution in [0.1, 0.15) is 26.2 Å². The molecule has 1 aromatic heterocycles. The Kier molecular flexibility index (Phi) is 5.17. The Hall–Kier alpha value is -1.82. The molecule has 0 radical (unpaired) electrons. The van der Waals surface area contributed by atoms with Crippen LogP contribution in [-0.2, 0) is 9.53 Å². The fourth-order valence-corrected chi connectivity index (χ4v) is 2.46. The number of nitrogens with zero attached hydrogens (tertiary/aromatic N) is 2. The number of pyridine rings is 1. The number of ether oxygens (including phenoxy) is 1. The first-order chi connectivity index (χ1) is 9.72. The summed E-state index contributed by atoms with van der Waals surface area (Å²) < 4.78 is 4.99. The number of rotatable bonds is 5. The van der Waals surface area contributed by atoms with Gasteiger partial charge in [-0.1, -0.05) is 0 Å². The quantitative estimate of drug-likeness (QED) is 0.634. The van der Waals surface area contributed by atoms with Crippen LogP contribution in [0.2, 0.25) is 0 Å². The number of hydrogen-bond acceptors (Lipinski definition) is 6. The summed E-state index contributed by atoms with van der Waals surface area (Å²) >= 11 is 0. The molecule has 2 rings (SSSR count). The average Bonchev–Trinajstić information content (AvgIpc) is 2.48. The van der Waals surface area contributed by atoms with Crippen LogP contribution in [0, 0.1) is 5.92 Å². The predicted octanol–water partition coefficient (Wildman–Crippen LogP) is 2.05. The van der Waals surface area contributed by atoms with E-state index in [0.29, 0.717) is 24.6 Å². The summed E-state index contributed by atoms with van der Waals surface area (Å²) in [5, 5.41) is 8.75. The largest absolute Gasteiger partial charge is 0.466 e. The zero-order chi connectivity index (χ0) is 14.4. The third-order valence-electron chi connectivity index (χ3n) is 3.58. The molecular weight excluding hydrogens is 258 g/mol. The van der Waals surface area contributed by atoms with Crippen LogP contribution in [0.4, 0.5) is 11.5 Å². The lowest BCUT2D eigenvalue weighted by molar-refractivity contribution is -0.144. The molecule has 0 aliphatic carbocycles. The second-order valence-corrected chi connectivity index (χ2v) is 4.96. The molecule has 1 saturated heterocycles. The van der Waals surface area contributed by atoms with Crippen molar-refractivity contribution in [2.75, 3.05) is 30.1 Å². The van der Waals surface area contributed by atoms with E-state index in [0.717, 1.165) is 31.7 Å². The highest BCUT2D eigenvalue weighted by Gasteiger charge is 2.22. The van der Waals surface area contributed by atoms with Crippen molar-refractivity contribution in [1.29, 1.82) is 0 Å². The zero-order valence-electron chi connectivity index (χ0n) is 11.7. The van der Waals surface area contributed by atoms with Gasteiger partial charge < -0.3 is 9.64 Å². The number of hydrogen-bond donors (Lipinski definition) is 2. The molecule has 110 valence electrons. The Morgan fingerprint density at radius 1 is 1.50 bits per heavy atom. The molecule has 2 heterocycles. The van der Waals surface area contributed by atoms with E-state index >= 15 is 0 Å². The summed E-state index contributed by atoms with van der Waals surface area (Å²) in [6.45, 7) is 4.07. The summed E-state index contributed by atoms with van der Waals surface area (Å²) in [6, 6.07) is 3.66. The number of carbonyl (C=O) groups excluding carboxylic acids is 1. The van der Waals surface area contributed by atoms with E-state index < -0.39 is 0 Å². The summed E-state index contributed by atoms with van der Waals surface area (Å²) in [5.74, 6) is 1.21. The molecule has 0 aromatic carbocycles. The van der Waals surface area contributed by atoms with Crippen LogP contribution in [0.25, 0.3) is 0 Å². The molecule has 0 unspecified atom stereocenters. The maximum absolute atomic E-state index is 11.5. The lowest BCUT2D eigenvalue weighted by atomic mass is 9.93. The molecule has 0 atom stereocenters. The number of nitrogens with one attached hydrogen (secondary N) is 1. The maximum atomic E-state index is 11.5. The molecule has 1 fully saturated rings. The minimum atomic E-state index is -0.0950. The van der Waals surface area contributed by atoms with Crippen LogP contribution < -0.4 is 10.4 Å². The van der Waals surface area contributed by atoms with Crippen molar-refractivity contribution in [3.8, 4) is 0 Å². The molecule has 6 heteroatoms. The zero-order valence-corrected chi connectivity index (χ0v) is 11.7. The molecule has 0 saturated carbocycles. The summed E-state index contributed by atoms with van der Waals surface area (Å²) in [6.07, 6.45) is 4.06. The Balaban J connectivity index is 1.82. The monoisotopic (exact) mass is 279 g/mol. The van der Waals surface area contributed by atoms with Gasteiger partial charge in [0.2, 0.25) is 0 Å². The van der Waals surface area contributed by atoms with Crippen molar-refractivity contribution in [1.82, 2.24) is 4.98 Å². The van der Waals surface area contributed by atoms with Crippen molar-refractivity contribution in [2.45, 2.75) is 26.2 Å². The Morgan fingerprint density at radius 3 is 2.80 bits per heavy atom.